The summed E-state index contributed by atoms with van der Waals surface area (Å²) in [7, 11) is -2.87. The lowest BCUT2D eigenvalue weighted by Crippen LogP contribution is -2.29. The number of rotatable bonds is 4. The lowest BCUT2D eigenvalue weighted by atomic mass is 10.1. The number of aliphatic hydroxyl groups excluding tert-OH is 1. The zero-order chi connectivity index (χ0) is 14.6. The van der Waals surface area contributed by atoms with E-state index >= 15 is 0 Å². The fourth-order valence-electron chi connectivity index (χ4n) is 2.40. The summed E-state index contributed by atoms with van der Waals surface area (Å²) in [5.41, 5.74) is 0.806. The molecule has 1 N–H and O–H groups in total. The van der Waals surface area contributed by atoms with Crippen molar-refractivity contribution in [1.82, 2.24) is 4.90 Å². The molecule has 6 heteroatoms. The third-order valence-corrected chi connectivity index (χ3v) is 5.55. The SMILES string of the molecule is O=S1(=O)CCCN(CCC(O)c2cccc(Cl)c2)CC1. The normalized spacial score (nSPS) is 21.3. The molecule has 20 heavy (non-hydrogen) atoms. The van der Waals surface area contributed by atoms with Gasteiger partial charge in [0.15, 0.2) is 9.84 Å². The van der Waals surface area contributed by atoms with E-state index in [1.54, 1.807) is 12.1 Å². The second-order valence-corrected chi connectivity index (χ2v) is 7.95. The Balaban J connectivity index is 1.86. The highest BCUT2D eigenvalue weighted by Gasteiger charge is 2.19. The molecule has 1 heterocycles. The van der Waals surface area contributed by atoms with Crippen molar-refractivity contribution in [2.24, 2.45) is 0 Å². The zero-order valence-electron chi connectivity index (χ0n) is 11.3. The van der Waals surface area contributed by atoms with Gasteiger partial charge in [-0.1, -0.05) is 23.7 Å². The number of halogens is 1. The molecule has 1 unspecified atom stereocenters. The Morgan fingerprint density at radius 3 is 2.85 bits per heavy atom. The summed E-state index contributed by atoms with van der Waals surface area (Å²) >= 11 is 5.90. The van der Waals surface area contributed by atoms with Crippen molar-refractivity contribution in [3.8, 4) is 0 Å². The van der Waals surface area contributed by atoms with E-state index in [-0.39, 0.29) is 11.5 Å². The predicted molar refractivity (Wildman–Crippen MR) is 80.7 cm³/mol. The van der Waals surface area contributed by atoms with Crippen LogP contribution in [0.4, 0.5) is 0 Å². The van der Waals surface area contributed by atoms with Crippen LogP contribution in [0, 0.1) is 0 Å². The maximum absolute atomic E-state index is 11.5. The molecule has 1 aliphatic heterocycles. The highest BCUT2D eigenvalue weighted by atomic mass is 35.5. The molecule has 1 fully saturated rings. The molecular weight excluding hydrogens is 298 g/mol. The highest BCUT2D eigenvalue weighted by molar-refractivity contribution is 7.91. The Bertz CT molecular complexity index is 547. The fourth-order valence-corrected chi connectivity index (χ4v) is 3.91. The Labute approximate surface area is 125 Å². The fraction of sp³-hybridized carbons (Fsp3) is 0.571. The van der Waals surface area contributed by atoms with Gasteiger partial charge < -0.3 is 10.0 Å². The lowest BCUT2D eigenvalue weighted by Gasteiger charge is -2.21. The van der Waals surface area contributed by atoms with Crippen molar-refractivity contribution in [2.45, 2.75) is 18.9 Å². The molecule has 1 saturated heterocycles. The summed E-state index contributed by atoms with van der Waals surface area (Å²) in [4.78, 5) is 2.11. The van der Waals surface area contributed by atoms with Gasteiger partial charge in [0.25, 0.3) is 0 Å². The van der Waals surface area contributed by atoms with Crippen LogP contribution in [-0.2, 0) is 9.84 Å². The van der Waals surface area contributed by atoms with Gasteiger partial charge in [-0.2, -0.15) is 0 Å². The first-order valence-electron chi connectivity index (χ1n) is 6.82. The van der Waals surface area contributed by atoms with Crippen molar-refractivity contribution in [3.63, 3.8) is 0 Å². The summed E-state index contributed by atoms with van der Waals surface area (Å²) in [6, 6.07) is 7.21. The minimum atomic E-state index is -2.87. The number of sulfone groups is 1. The molecule has 2 rings (SSSR count). The van der Waals surface area contributed by atoms with Crippen LogP contribution in [0.25, 0.3) is 0 Å². The smallest absolute Gasteiger partial charge is 0.151 e. The van der Waals surface area contributed by atoms with Gasteiger partial charge in [0.2, 0.25) is 0 Å². The second-order valence-electron chi connectivity index (χ2n) is 5.21. The number of hydrogen-bond acceptors (Lipinski definition) is 4. The van der Waals surface area contributed by atoms with E-state index in [0.29, 0.717) is 31.0 Å². The van der Waals surface area contributed by atoms with Crippen LogP contribution in [0.15, 0.2) is 24.3 Å². The molecule has 1 aliphatic rings. The Morgan fingerprint density at radius 2 is 2.10 bits per heavy atom. The van der Waals surface area contributed by atoms with Crippen LogP contribution in [0.2, 0.25) is 5.02 Å². The molecule has 0 aliphatic carbocycles. The van der Waals surface area contributed by atoms with E-state index in [9.17, 15) is 13.5 Å². The quantitative estimate of drug-likeness (QED) is 0.921. The monoisotopic (exact) mass is 317 g/mol. The van der Waals surface area contributed by atoms with Crippen molar-refractivity contribution in [3.05, 3.63) is 34.9 Å². The molecular formula is C14H20ClNO3S. The number of nitrogens with zero attached hydrogens (tertiary/aromatic N) is 1. The molecule has 0 spiro atoms. The number of hydrogen-bond donors (Lipinski definition) is 1. The molecule has 4 nitrogen and oxygen atoms in total. The van der Waals surface area contributed by atoms with Crippen LogP contribution < -0.4 is 0 Å². The van der Waals surface area contributed by atoms with Gasteiger partial charge in [-0.15, -0.1) is 0 Å². The Morgan fingerprint density at radius 1 is 1.30 bits per heavy atom. The van der Waals surface area contributed by atoms with Crippen molar-refractivity contribution in [2.75, 3.05) is 31.1 Å². The maximum Gasteiger partial charge on any atom is 0.151 e. The van der Waals surface area contributed by atoms with Gasteiger partial charge >= 0.3 is 0 Å². The summed E-state index contributed by atoms with van der Waals surface area (Å²) in [6.45, 7) is 2.04. The minimum Gasteiger partial charge on any atom is -0.388 e. The van der Waals surface area contributed by atoms with Crippen molar-refractivity contribution in [1.29, 1.82) is 0 Å². The standard InChI is InChI=1S/C14H20ClNO3S/c15-13-4-1-3-12(11-13)14(17)5-7-16-6-2-9-20(18,19)10-8-16/h1,3-4,11,14,17H,2,5-10H2. The van der Waals surface area contributed by atoms with Gasteiger partial charge in [-0.3, -0.25) is 0 Å². The zero-order valence-corrected chi connectivity index (χ0v) is 12.9. The Kier molecular flexibility index (Phi) is 5.43. The van der Waals surface area contributed by atoms with Crippen LogP contribution >= 0.6 is 11.6 Å². The van der Waals surface area contributed by atoms with E-state index in [1.165, 1.54) is 0 Å². The number of benzene rings is 1. The number of aliphatic hydroxyl groups is 1. The predicted octanol–water partition coefficient (Wildman–Crippen LogP) is 1.88. The molecule has 0 radical (unpaired) electrons. The summed E-state index contributed by atoms with van der Waals surface area (Å²) in [5, 5.41) is 10.8. The first kappa shape index (κ1) is 15.8. The van der Waals surface area contributed by atoms with Crippen molar-refractivity contribution < 1.29 is 13.5 Å². The molecule has 0 aromatic heterocycles. The molecule has 0 bridgehead atoms. The molecule has 112 valence electrons. The maximum atomic E-state index is 11.5. The second kappa shape index (κ2) is 6.89. The third-order valence-electron chi connectivity index (χ3n) is 3.60. The van der Waals surface area contributed by atoms with Crippen LogP contribution in [-0.4, -0.2) is 49.6 Å². The van der Waals surface area contributed by atoms with E-state index in [1.807, 2.05) is 12.1 Å². The topological polar surface area (TPSA) is 57.6 Å². The van der Waals surface area contributed by atoms with Gasteiger partial charge in [0.05, 0.1) is 17.6 Å². The van der Waals surface area contributed by atoms with E-state index in [4.69, 9.17) is 11.6 Å². The molecule has 0 saturated carbocycles. The van der Waals surface area contributed by atoms with Gasteiger partial charge in [0.1, 0.15) is 0 Å². The summed E-state index contributed by atoms with van der Waals surface area (Å²) in [6.07, 6.45) is 0.698. The van der Waals surface area contributed by atoms with E-state index in [0.717, 1.165) is 12.1 Å². The molecule has 1 atom stereocenters. The molecule has 1 aromatic carbocycles. The first-order valence-corrected chi connectivity index (χ1v) is 9.02. The first-order chi connectivity index (χ1) is 9.46. The minimum absolute atomic E-state index is 0.222. The lowest BCUT2D eigenvalue weighted by molar-refractivity contribution is 0.144. The Hall–Kier alpha value is -0.620. The molecule has 0 amide bonds. The van der Waals surface area contributed by atoms with Crippen LogP contribution in [0.5, 0.6) is 0 Å². The van der Waals surface area contributed by atoms with Crippen LogP contribution in [0.3, 0.4) is 0 Å². The molecule has 1 aromatic rings. The average Bonchev–Trinajstić information content (AvgIpc) is 2.57. The van der Waals surface area contributed by atoms with E-state index in [2.05, 4.69) is 4.90 Å². The van der Waals surface area contributed by atoms with Crippen molar-refractivity contribution >= 4 is 21.4 Å². The van der Waals surface area contributed by atoms with Gasteiger partial charge in [0, 0.05) is 18.1 Å². The highest BCUT2D eigenvalue weighted by Crippen LogP contribution is 2.20. The third kappa shape index (κ3) is 4.74. The van der Waals surface area contributed by atoms with E-state index < -0.39 is 15.9 Å². The summed E-state index contributed by atoms with van der Waals surface area (Å²) < 4.78 is 23.0. The largest absolute Gasteiger partial charge is 0.388 e. The summed E-state index contributed by atoms with van der Waals surface area (Å²) in [5.74, 6) is 0.501. The van der Waals surface area contributed by atoms with Gasteiger partial charge in [-0.25, -0.2) is 8.42 Å². The average molecular weight is 318 g/mol. The van der Waals surface area contributed by atoms with Crippen LogP contribution in [0.1, 0.15) is 24.5 Å². The van der Waals surface area contributed by atoms with Gasteiger partial charge in [-0.05, 0) is 37.1 Å².